The average molecular weight is 366 g/mol. The normalized spacial score (nSPS) is 17.3. The van der Waals surface area contributed by atoms with Crippen molar-refractivity contribution in [3.05, 3.63) is 60.2 Å². The number of ether oxygens (including phenoxy) is 1. The van der Waals surface area contributed by atoms with Gasteiger partial charge in [0.15, 0.2) is 0 Å². The number of morpholine rings is 1. The molecule has 2 aromatic carbocycles. The van der Waals surface area contributed by atoms with Crippen LogP contribution >= 0.6 is 11.3 Å². The Bertz CT molecular complexity index is 854. The molecule has 1 aliphatic rings. The second-order valence-corrected chi connectivity index (χ2v) is 7.34. The van der Waals surface area contributed by atoms with Gasteiger partial charge in [-0.25, -0.2) is 4.98 Å². The van der Waals surface area contributed by atoms with E-state index in [1.54, 1.807) is 11.3 Å². The van der Waals surface area contributed by atoms with E-state index in [1.165, 1.54) is 5.56 Å². The van der Waals surface area contributed by atoms with E-state index < -0.39 is 0 Å². The van der Waals surface area contributed by atoms with Crippen LogP contribution in [-0.4, -0.2) is 41.9 Å². The molecule has 1 atom stereocenters. The van der Waals surface area contributed by atoms with Gasteiger partial charge in [0.2, 0.25) is 5.13 Å². The zero-order chi connectivity index (χ0) is 17.8. The lowest BCUT2D eigenvalue weighted by Crippen LogP contribution is -2.41. The van der Waals surface area contributed by atoms with Gasteiger partial charge in [-0.3, -0.25) is 10.3 Å². The smallest absolute Gasteiger partial charge is 0.204 e. The van der Waals surface area contributed by atoms with Crippen LogP contribution in [0.5, 0.6) is 0 Å². The molecule has 0 saturated carbocycles. The van der Waals surface area contributed by atoms with Crippen LogP contribution in [0.25, 0.3) is 10.2 Å². The fourth-order valence-electron chi connectivity index (χ4n) is 3.30. The van der Waals surface area contributed by atoms with Crippen molar-refractivity contribution in [2.75, 3.05) is 31.7 Å². The highest BCUT2D eigenvalue weighted by atomic mass is 32.1. The minimum absolute atomic E-state index is 0.141. The Kier molecular flexibility index (Phi) is 5.24. The Hall–Kier alpha value is -2.28. The quantitative estimate of drug-likeness (QED) is 0.544. The Morgan fingerprint density at radius 2 is 1.85 bits per heavy atom. The molecular weight excluding hydrogens is 344 g/mol. The van der Waals surface area contributed by atoms with Gasteiger partial charge in [0, 0.05) is 13.1 Å². The predicted octanol–water partition coefficient (Wildman–Crippen LogP) is 4.16. The first kappa shape index (κ1) is 17.1. The molecule has 0 radical (unpaired) electrons. The molecule has 26 heavy (non-hydrogen) atoms. The summed E-state index contributed by atoms with van der Waals surface area (Å²) in [6.45, 7) is 5.43. The van der Waals surface area contributed by atoms with Crippen LogP contribution in [0.2, 0.25) is 0 Å². The average Bonchev–Trinajstić information content (AvgIpc) is 3.11. The van der Waals surface area contributed by atoms with E-state index in [2.05, 4.69) is 57.7 Å². The number of fused-ring (bicyclic) bond motifs is 1. The number of hydrogen-bond acceptors (Lipinski definition) is 6. The molecule has 1 aromatic heterocycles. The Morgan fingerprint density at radius 1 is 1.12 bits per heavy atom. The summed E-state index contributed by atoms with van der Waals surface area (Å²) in [6, 6.07) is 18.8. The van der Waals surface area contributed by atoms with Crippen molar-refractivity contribution in [3.8, 4) is 0 Å². The van der Waals surface area contributed by atoms with Gasteiger partial charge in [-0.05, 0) is 24.6 Å². The maximum atomic E-state index is 5.52. The Balaban J connectivity index is 1.58. The monoisotopic (exact) mass is 366 g/mol. The van der Waals surface area contributed by atoms with Crippen LogP contribution in [-0.2, 0) is 4.74 Å². The first-order valence-electron chi connectivity index (χ1n) is 8.84. The van der Waals surface area contributed by atoms with Crippen LogP contribution in [0.1, 0.15) is 18.5 Å². The molecule has 4 rings (SSSR count). The zero-order valence-corrected chi connectivity index (χ0v) is 15.6. The number of hydrazone groups is 1. The molecule has 134 valence electrons. The van der Waals surface area contributed by atoms with E-state index in [0.717, 1.165) is 47.4 Å². The number of nitrogens with one attached hydrogen (secondary N) is 1. The highest BCUT2D eigenvalue weighted by Crippen LogP contribution is 2.27. The van der Waals surface area contributed by atoms with Gasteiger partial charge in [0.25, 0.3) is 0 Å². The van der Waals surface area contributed by atoms with Crippen molar-refractivity contribution < 1.29 is 4.74 Å². The van der Waals surface area contributed by atoms with Gasteiger partial charge in [-0.15, -0.1) is 0 Å². The number of benzene rings is 2. The minimum Gasteiger partial charge on any atom is -0.379 e. The third-order valence-corrected chi connectivity index (χ3v) is 5.48. The number of thiazole rings is 1. The number of rotatable bonds is 5. The number of nitrogens with zero attached hydrogens (tertiary/aromatic N) is 3. The fraction of sp³-hybridized carbons (Fsp3) is 0.300. The lowest BCUT2D eigenvalue weighted by atomic mass is 10.0. The first-order chi connectivity index (χ1) is 12.8. The fourth-order valence-corrected chi connectivity index (χ4v) is 4.11. The maximum Gasteiger partial charge on any atom is 0.204 e. The van der Waals surface area contributed by atoms with E-state index in [9.17, 15) is 0 Å². The van der Waals surface area contributed by atoms with E-state index in [4.69, 9.17) is 4.74 Å². The summed E-state index contributed by atoms with van der Waals surface area (Å²) in [5.74, 6) is 0. The van der Waals surface area contributed by atoms with Gasteiger partial charge in [0.05, 0.1) is 35.2 Å². The second kappa shape index (κ2) is 7.95. The van der Waals surface area contributed by atoms with Crippen LogP contribution < -0.4 is 5.43 Å². The van der Waals surface area contributed by atoms with Gasteiger partial charge in [-0.1, -0.05) is 53.8 Å². The first-order valence-corrected chi connectivity index (χ1v) is 9.65. The molecule has 1 aliphatic heterocycles. The van der Waals surface area contributed by atoms with Crippen molar-refractivity contribution in [2.45, 2.75) is 13.0 Å². The predicted molar refractivity (Wildman–Crippen MR) is 108 cm³/mol. The van der Waals surface area contributed by atoms with Crippen LogP contribution in [0.15, 0.2) is 59.7 Å². The summed E-state index contributed by atoms with van der Waals surface area (Å²) in [5.41, 5.74) is 6.44. The van der Waals surface area contributed by atoms with E-state index in [1.807, 2.05) is 24.3 Å². The van der Waals surface area contributed by atoms with Crippen molar-refractivity contribution in [1.29, 1.82) is 0 Å². The minimum atomic E-state index is 0.141. The Labute approximate surface area is 157 Å². The number of para-hydroxylation sites is 1. The van der Waals surface area contributed by atoms with E-state index in [-0.39, 0.29) is 6.04 Å². The molecule has 6 heteroatoms. The number of anilines is 1. The highest BCUT2D eigenvalue weighted by molar-refractivity contribution is 7.22. The third-order valence-electron chi connectivity index (χ3n) is 4.54. The van der Waals surface area contributed by atoms with Crippen molar-refractivity contribution >= 4 is 32.4 Å². The molecule has 0 unspecified atom stereocenters. The van der Waals surface area contributed by atoms with Gasteiger partial charge in [-0.2, -0.15) is 5.10 Å². The summed E-state index contributed by atoms with van der Waals surface area (Å²) in [6.07, 6.45) is 0. The summed E-state index contributed by atoms with van der Waals surface area (Å²) < 4.78 is 6.69. The van der Waals surface area contributed by atoms with Crippen LogP contribution in [0.3, 0.4) is 0 Å². The second-order valence-electron chi connectivity index (χ2n) is 6.31. The lowest BCUT2D eigenvalue weighted by molar-refractivity contribution is 0.0286. The molecule has 1 saturated heterocycles. The standard InChI is InChI=1S/C20H22N4OS/c1-15(22-23-20-21-17-9-5-6-10-18(17)26-20)19(16-7-3-2-4-8-16)24-11-13-25-14-12-24/h2-10,19H,11-14H2,1H3,(H,21,23)/b22-15-/t19-/m0/s1. The van der Waals surface area contributed by atoms with Crippen LogP contribution in [0.4, 0.5) is 5.13 Å². The molecule has 0 bridgehead atoms. The maximum absolute atomic E-state index is 5.52. The number of hydrogen-bond donors (Lipinski definition) is 1. The summed E-state index contributed by atoms with van der Waals surface area (Å²) >= 11 is 1.62. The molecule has 1 fully saturated rings. The lowest BCUT2D eigenvalue weighted by Gasteiger charge is -2.34. The molecule has 1 N–H and O–H groups in total. The molecule has 0 aliphatic carbocycles. The topological polar surface area (TPSA) is 49.8 Å². The molecule has 2 heterocycles. The van der Waals surface area contributed by atoms with E-state index in [0.29, 0.717) is 0 Å². The third kappa shape index (κ3) is 3.77. The summed E-state index contributed by atoms with van der Waals surface area (Å²) in [4.78, 5) is 7.02. The van der Waals surface area contributed by atoms with Crippen molar-refractivity contribution in [2.24, 2.45) is 5.10 Å². The van der Waals surface area contributed by atoms with E-state index >= 15 is 0 Å². The molecular formula is C20H22N4OS. The molecule has 5 nitrogen and oxygen atoms in total. The van der Waals surface area contributed by atoms with Crippen LogP contribution in [0, 0.1) is 0 Å². The van der Waals surface area contributed by atoms with Gasteiger partial charge < -0.3 is 4.74 Å². The Morgan fingerprint density at radius 3 is 2.62 bits per heavy atom. The molecule has 0 spiro atoms. The molecule has 3 aromatic rings. The number of aromatic nitrogens is 1. The highest BCUT2D eigenvalue weighted by Gasteiger charge is 2.25. The largest absolute Gasteiger partial charge is 0.379 e. The van der Waals surface area contributed by atoms with Gasteiger partial charge in [0.1, 0.15) is 0 Å². The zero-order valence-electron chi connectivity index (χ0n) is 14.8. The van der Waals surface area contributed by atoms with Crippen molar-refractivity contribution in [3.63, 3.8) is 0 Å². The molecule has 0 amide bonds. The van der Waals surface area contributed by atoms with Crippen molar-refractivity contribution in [1.82, 2.24) is 9.88 Å². The SMILES string of the molecule is C/C(=N/Nc1nc2ccccc2s1)[C@@H](c1ccccc1)N1CCOCC1. The summed E-state index contributed by atoms with van der Waals surface area (Å²) in [5, 5.41) is 5.49. The summed E-state index contributed by atoms with van der Waals surface area (Å²) in [7, 11) is 0. The van der Waals surface area contributed by atoms with Gasteiger partial charge >= 0.3 is 0 Å².